The summed E-state index contributed by atoms with van der Waals surface area (Å²) in [4.78, 5) is 0. The number of ether oxygens (including phenoxy) is 1. The fourth-order valence-electron chi connectivity index (χ4n) is 1.14. The van der Waals surface area contributed by atoms with Gasteiger partial charge in [0.15, 0.2) is 0 Å². The molecule has 0 aromatic heterocycles. The monoisotopic (exact) mass is 262 g/mol. The normalized spacial score (nSPS) is 14.0. The van der Waals surface area contributed by atoms with Gasteiger partial charge in [-0.15, -0.1) is 6.58 Å². The van der Waals surface area contributed by atoms with Crippen molar-refractivity contribution in [1.82, 2.24) is 0 Å². The molecule has 0 saturated carbocycles. The first-order valence-corrected chi connectivity index (χ1v) is 6.44. The lowest BCUT2D eigenvalue weighted by atomic mass is 10.0. The van der Waals surface area contributed by atoms with Gasteiger partial charge in [0.2, 0.25) is 0 Å². The van der Waals surface area contributed by atoms with E-state index in [0.29, 0.717) is 5.92 Å². The van der Waals surface area contributed by atoms with Gasteiger partial charge >= 0.3 is 0 Å². The Kier molecular flexibility index (Phi) is 7.56. The van der Waals surface area contributed by atoms with Crippen LogP contribution in [0, 0.1) is 5.92 Å². The summed E-state index contributed by atoms with van der Waals surface area (Å²) in [5, 5.41) is 1.02. The van der Waals surface area contributed by atoms with Crippen LogP contribution in [-0.2, 0) is 4.74 Å². The highest BCUT2D eigenvalue weighted by molar-refractivity contribution is 9.09. The van der Waals surface area contributed by atoms with Crippen LogP contribution in [0.15, 0.2) is 12.7 Å². The van der Waals surface area contributed by atoms with Gasteiger partial charge < -0.3 is 4.74 Å². The molecular weight excluding hydrogens is 240 g/mol. The molecule has 0 aliphatic heterocycles. The van der Waals surface area contributed by atoms with Crippen molar-refractivity contribution in [2.45, 2.75) is 45.6 Å². The molecule has 1 nitrogen and oxygen atoms in total. The highest BCUT2D eigenvalue weighted by Crippen LogP contribution is 2.13. The maximum atomic E-state index is 5.64. The van der Waals surface area contributed by atoms with Crippen molar-refractivity contribution < 1.29 is 4.74 Å². The molecule has 2 heteroatoms. The van der Waals surface area contributed by atoms with Crippen LogP contribution in [0.3, 0.4) is 0 Å². The quantitative estimate of drug-likeness (QED) is 0.380. The minimum Gasteiger partial charge on any atom is -0.376 e. The van der Waals surface area contributed by atoms with Crippen LogP contribution in [0.5, 0.6) is 0 Å². The number of hydrogen-bond acceptors (Lipinski definition) is 1. The molecule has 0 rings (SSSR count). The molecule has 0 saturated heterocycles. The van der Waals surface area contributed by atoms with Gasteiger partial charge in [0.05, 0.1) is 5.60 Å². The molecule has 0 aliphatic rings. The summed E-state index contributed by atoms with van der Waals surface area (Å²) in [6, 6.07) is 0. The SMILES string of the molecule is C=C[C@@H](CBr)CCCCOC(C)(C)C. The first kappa shape index (κ1) is 14.2. The highest BCUT2D eigenvalue weighted by Gasteiger charge is 2.09. The van der Waals surface area contributed by atoms with Crippen LogP contribution in [0.1, 0.15) is 40.0 Å². The molecule has 14 heavy (non-hydrogen) atoms. The van der Waals surface area contributed by atoms with E-state index in [9.17, 15) is 0 Å². The molecule has 0 heterocycles. The van der Waals surface area contributed by atoms with Crippen molar-refractivity contribution in [3.05, 3.63) is 12.7 Å². The standard InChI is InChI=1S/C12H23BrO/c1-5-11(10-13)8-6-7-9-14-12(2,3)4/h5,11H,1,6-10H2,2-4H3/t11-/m1/s1. The van der Waals surface area contributed by atoms with Gasteiger partial charge in [0, 0.05) is 11.9 Å². The van der Waals surface area contributed by atoms with Crippen LogP contribution >= 0.6 is 15.9 Å². The van der Waals surface area contributed by atoms with Crippen molar-refractivity contribution >= 4 is 15.9 Å². The number of hydrogen-bond donors (Lipinski definition) is 0. The molecule has 0 aromatic rings. The third-order valence-electron chi connectivity index (χ3n) is 2.04. The average molecular weight is 263 g/mol. The van der Waals surface area contributed by atoms with Crippen LogP contribution in [0.4, 0.5) is 0 Å². The third-order valence-corrected chi connectivity index (χ3v) is 2.87. The Morgan fingerprint density at radius 3 is 2.43 bits per heavy atom. The lowest BCUT2D eigenvalue weighted by molar-refractivity contribution is -0.00485. The Labute approximate surface area is 97.0 Å². The second kappa shape index (κ2) is 7.47. The van der Waals surface area contributed by atoms with Crippen molar-refractivity contribution in [2.75, 3.05) is 11.9 Å². The molecule has 0 N–H and O–H groups in total. The Morgan fingerprint density at radius 1 is 1.36 bits per heavy atom. The molecule has 0 bridgehead atoms. The van der Waals surface area contributed by atoms with E-state index in [1.165, 1.54) is 12.8 Å². The molecule has 0 aromatic carbocycles. The first-order valence-electron chi connectivity index (χ1n) is 5.32. The van der Waals surface area contributed by atoms with Gasteiger partial charge in [0.1, 0.15) is 0 Å². The minimum atomic E-state index is 0.00720. The number of rotatable bonds is 7. The van der Waals surface area contributed by atoms with Gasteiger partial charge in [0.25, 0.3) is 0 Å². The van der Waals surface area contributed by atoms with E-state index in [-0.39, 0.29) is 5.60 Å². The van der Waals surface area contributed by atoms with Crippen LogP contribution in [0.25, 0.3) is 0 Å². The van der Waals surface area contributed by atoms with E-state index in [0.717, 1.165) is 18.4 Å². The smallest absolute Gasteiger partial charge is 0.0598 e. The summed E-state index contributed by atoms with van der Waals surface area (Å²) in [5.74, 6) is 0.615. The predicted molar refractivity (Wildman–Crippen MR) is 67.0 cm³/mol. The second-order valence-corrected chi connectivity index (χ2v) is 5.25. The van der Waals surface area contributed by atoms with Gasteiger partial charge in [-0.05, 0) is 39.5 Å². The zero-order valence-corrected chi connectivity index (χ0v) is 11.3. The van der Waals surface area contributed by atoms with Crippen LogP contribution in [0.2, 0.25) is 0 Å². The van der Waals surface area contributed by atoms with Gasteiger partial charge in [-0.2, -0.15) is 0 Å². The molecular formula is C12H23BrO. The average Bonchev–Trinajstić information content (AvgIpc) is 2.09. The van der Waals surface area contributed by atoms with Crippen molar-refractivity contribution in [3.8, 4) is 0 Å². The van der Waals surface area contributed by atoms with Crippen LogP contribution in [-0.4, -0.2) is 17.5 Å². The fourth-order valence-corrected chi connectivity index (χ4v) is 1.73. The molecule has 84 valence electrons. The topological polar surface area (TPSA) is 9.23 Å². The Morgan fingerprint density at radius 2 is 2.00 bits per heavy atom. The minimum absolute atomic E-state index is 0.00720. The Balaban J connectivity index is 3.33. The predicted octanol–water partition coefficient (Wildman–Crippen LogP) is 4.17. The number of unbranched alkanes of at least 4 members (excludes halogenated alkanes) is 1. The molecule has 0 fully saturated rings. The molecule has 1 atom stereocenters. The molecule has 0 radical (unpaired) electrons. The zero-order valence-electron chi connectivity index (χ0n) is 9.68. The summed E-state index contributed by atoms with van der Waals surface area (Å²) < 4.78 is 5.64. The molecule has 0 unspecified atom stereocenters. The Bertz CT molecular complexity index is 149. The number of allylic oxidation sites excluding steroid dienone is 1. The maximum absolute atomic E-state index is 5.64. The number of alkyl halides is 1. The zero-order chi connectivity index (χ0) is 11.0. The van der Waals surface area contributed by atoms with E-state index in [4.69, 9.17) is 4.74 Å². The van der Waals surface area contributed by atoms with E-state index in [1.54, 1.807) is 0 Å². The van der Waals surface area contributed by atoms with E-state index >= 15 is 0 Å². The van der Waals surface area contributed by atoms with Gasteiger partial charge in [-0.1, -0.05) is 28.4 Å². The highest BCUT2D eigenvalue weighted by atomic mass is 79.9. The largest absolute Gasteiger partial charge is 0.376 e. The summed E-state index contributed by atoms with van der Waals surface area (Å²) in [7, 11) is 0. The van der Waals surface area contributed by atoms with Gasteiger partial charge in [-0.25, -0.2) is 0 Å². The van der Waals surface area contributed by atoms with Crippen molar-refractivity contribution in [1.29, 1.82) is 0 Å². The lowest BCUT2D eigenvalue weighted by Gasteiger charge is -2.19. The third kappa shape index (κ3) is 8.76. The van der Waals surface area contributed by atoms with E-state index in [2.05, 4.69) is 43.3 Å². The molecule has 0 amide bonds. The summed E-state index contributed by atoms with van der Waals surface area (Å²) in [6.07, 6.45) is 5.61. The number of halogens is 1. The van der Waals surface area contributed by atoms with Crippen molar-refractivity contribution in [2.24, 2.45) is 5.92 Å². The molecule has 0 aliphatic carbocycles. The van der Waals surface area contributed by atoms with E-state index in [1.807, 2.05) is 6.08 Å². The van der Waals surface area contributed by atoms with Gasteiger partial charge in [-0.3, -0.25) is 0 Å². The second-order valence-electron chi connectivity index (χ2n) is 4.61. The summed E-state index contributed by atoms with van der Waals surface area (Å²) in [5.41, 5.74) is 0.00720. The summed E-state index contributed by atoms with van der Waals surface area (Å²) in [6.45, 7) is 11.0. The van der Waals surface area contributed by atoms with Crippen LogP contribution < -0.4 is 0 Å². The first-order chi connectivity index (χ1) is 6.49. The summed E-state index contributed by atoms with van der Waals surface area (Å²) >= 11 is 3.47. The van der Waals surface area contributed by atoms with Crippen molar-refractivity contribution in [3.63, 3.8) is 0 Å². The van der Waals surface area contributed by atoms with E-state index < -0.39 is 0 Å². The lowest BCUT2D eigenvalue weighted by Crippen LogP contribution is -2.19. The molecule has 0 spiro atoms. The maximum Gasteiger partial charge on any atom is 0.0598 e. The Hall–Kier alpha value is 0.180. The fraction of sp³-hybridized carbons (Fsp3) is 0.833.